The zero-order valence-corrected chi connectivity index (χ0v) is 19.3. The summed E-state index contributed by atoms with van der Waals surface area (Å²) in [4.78, 5) is 33.0. The Morgan fingerprint density at radius 2 is 1.80 bits per heavy atom. The number of fused-ring (bicyclic) bond motifs is 3. The van der Waals surface area contributed by atoms with Gasteiger partial charge in [0.1, 0.15) is 5.58 Å². The van der Waals surface area contributed by atoms with Crippen LogP contribution in [-0.2, 0) is 21.7 Å². The van der Waals surface area contributed by atoms with Crippen LogP contribution >= 0.6 is 11.6 Å². The van der Waals surface area contributed by atoms with E-state index in [4.69, 9.17) is 20.8 Å². The summed E-state index contributed by atoms with van der Waals surface area (Å²) in [5.41, 5.74) is -0.447. The molecule has 0 unspecified atom stereocenters. The molecule has 2 aliphatic rings. The van der Waals surface area contributed by atoms with E-state index in [1.165, 1.54) is 11.0 Å². The highest BCUT2D eigenvalue weighted by Gasteiger charge is 2.60. The number of aliphatic imine (C=N–C) groups is 1. The lowest BCUT2D eigenvalue weighted by molar-refractivity contribution is -0.147. The molecular weight excluding hydrogens is 468 g/mol. The number of anilines is 1. The molecule has 0 aliphatic carbocycles. The number of aliphatic hydroxyl groups is 1. The van der Waals surface area contributed by atoms with Crippen molar-refractivity contribution in [2.75, 3.05) is 11.9 Å². The lowest BCUT2D eigenvalue weighted by atomic mass is 9.85. The molecule has 0 saturated carbocycles. The van der Waals surface area contributed by atoms with Crippen LogP contribution in [-0.4, -0.2) is 24.0 Å². The smallest absolute Gasteiger partial charge is 0.267 e. The zero-order valence-electron chi connectivity index (χ0n) is 18.6. The molecule has 0 spiro atoms. The molecule has 7 nitrogen and oxygen atoms in total. The van der Waals surface area contributed by atoms with Gasteiger partial charge in [-0.25, -0.2) is 4.99 Å². The number of hydrogen-bond donors (Lipinski definition) is 1. The van der Waals surface area contributed by atoms with Crippen LogP contribution in [0.3, 0.4) is 0 Å². The lowest BCUT2D eigenvalue weighted by Gasteiger charge is -2.27. The fourth-order valence-corrected chi connectivity index (χ4v) is 4.95. The first kappa shape index (κ1) is 21.6. The third-order valence-electron chi connectivity index (χ3n) is 6.51. The number of nitrogens with zero attached hydrogens (tertiary/aromatic N) is 2. The molecule has 3 heterocycles. The number of para-hydroxylation sites is 1. The summed E-state index contributed by atoms with van der Waals surface area (Å²) in [6, 6.07) is 21.1. The van der Waals surface area contributed by atoms with E-state index in [1.54, 1.807) is 43.4 Å². The predicted molar refractivity (Wildman–Crippen MR) is 132 cm³/mol. The van der Waals surface area contributed by atoms with Gasteiger partial charge < -0.3 is 19.2 Å². The summed E-state index contributed by atoms with van der Waals surface area (Å²) in [6.45, 7) is 0.258. The van der Waals surface area contributed by atoms with Gasteiger partial charge >= 0.3 is 0 Å². The van der Waals surface area contributed by atoms with Crippen LogP contribution in [0.2, 0.25) is 5.02 Å². The van der Waals surface area contributed by atoms with E-state index in [9.17, 15) is 14.7 Å². The molecule has 2 atom stereocenters. The highest BCUT2D eigenvalue weighted by Crippen LogP contribution is 2.50. The number of benzene rings is 3. The molecule has 0 saturated heterocycles. The molecule has 8 heteroatoms. The van der Waals surface area contributed by atoms with E-state index in [2.05, 4.69) is 4.99 Å². The topological polar surface area (TPSA) is 92.3 Å². The molecule has 0 fully saturated rings. The summed E-state index contributed by atoms with van der Waals surface area (Å²) < 4.78 is 12.2. The Kier molecular flexibility index (Phi) is 4.81. The van der Waals surface area contributed by atoms with Crippen LogP contribution in [0.5, 0.6) is 0 Å². The minimum Gasteiger partial charge on any atom is -0.463 e. The zero-order chi connectivity index (χ0) is 24.3. The van der Waals surface area contributed by atoms with Gasteiger partial charge in [0.15, 0.2) is 11.9 Å². The minimum atomic E-state index is -2.15. The first-order valence-electron chi connectivity index (χ1n) is 11.0. The highest BCUT2D eigenvalue weighted by atomic mass is 35.5. The Labute approximate surface area is 204 Å². The number of ether oxygens (including phenoxy) is 1. The minimum absolute atomic E-state index is 0.0348. The third kappa shape index (κ3) is 3.12. The van der Waals surface area contributed by atoms with Crippen LogP contribution in [0.25, 0.3) is 11.0 Å². The van der Waals surface area contributed by atoms with Gasteiger partial charge in [-0.3, -0.25) is 9.59 Å². The van der Waals surface area contributed by atoms with Crippen molar-refractivity contribution < 1.29 is 19.1 Å². The molecule has 174 valence electrons. The van der Waals surface area contributed by atoms with Gasteiger partial charge in [-0.1, -0.05) is 60.1 Å². The normalized spacial score (nSPS) is 21.9. The second-order valence-electron chi connectivity index (χ2n) is 8.57. The quantitative estimate of drug-likeness (QED) is 0.465. The van der Waals surface area contributed by atoms with Crippen molar-refractivity contribution in [3.05, 3.63) is 110 Å². The number of halogens is 1. The molecule has 0 radical (unpaired) electrons. The molecule has 6 rings (SSSR count). The van der Waals surface area contributed by atoms with Crippen molar-refractivity contribution in [1.82, 2.24) is 0 Å². The maximum Gasteiger partial charge on any atom is 0.267 e. The van der Waals surface area contributed by atoms with E-state index in [1.807, 2.05) is 30.3 Å². The van der Waals surface area contributed by atoms with E-state index in [-0.39, 0.29) is 29.2 Å². The second-order valence-corrected chi connectivity index (χ2v) is 9.00. The number of rotatable bonds is 3. The van der Waals surface area contributed by atoms with Gasteiger partial charge in [-0.05, 0) is 29.8 Å². The fraction of sp³-hybridized carbons (Fsp3) is 0.148. The van der Waals surface area contributed by atoms with E-state index in [0.29, 0.717) is 21.9 Å². The van der Waals surface area contributed by atoms with Crippen LogP contribution in [0.1, 0.15) is 28.6 Å². The summed E-state index contributed by atoms with van der Waals surface area (Å²) >= 11 is 6.14. The second kappa shape index (κ2) is 7.80. The fourth-order valence-electron chi connectivity index (χ4n) is 4.77. The Balaban J connectivity index is 1.58. The van der Waals surface area contributed by atoms with Crippen molar-refractivity contribution in [2.24, 2.45) is 4.99 Å². The predicted octanol–water partition coefficient (Wildman–Crippen LogP) is 4.33. The van der Waals surface area contributed by atoms with Crippen LogP contribution in [0.15, 0.2) is 87.0 Å². The highest BCUT2D eigenvalue weighted by molar-refractivity contribution is 6.31. The van der Waals surface area contributed by atoms with Gasteiger partial charge in [-0.2, -0.15) is 0 Å². The number of carbonyl (C=O) groups is 1. The number of likely N-dealkylation sites (N-methyl/N-ethyl adjacent to an activating group) is 1. The molecule has 4 aromatic rings. The summed E-state index contributed by atoms with van der Waals surface area (Å²) in [5.74, 6) is -0.459. The van der Waals surface area contributed by atoms with Gasteiger partial charge in [0.2, 0.25) is 11.0 Å². The maximum atomic E-state index is 13.7. The molecule has 1 N–H and O–H groups in total. The number of amides is 1. The third-order valence-corrected chi connectivity index (χ3v) is 6.74. The first-order chi connectivity index (χ1) is 16.9. The Morgan fingerprint density at radius 3 is 2.60 bits per heavy atom. The molecule has 35 heavy (non-hydrogen) atoms. The van der Waals surface area contributed by atoms with E-state index >= 15 is 0 Å². The molecule has 3 aromatic carbocycles. The summed E-state index contributed by atoms with van der Waals surface area (Å²) in [5, 5.41) is 12.5. The number of hydrogen-bond acceptors (Lipinski definition) is 6. The van der Waals surface area contributed by atoms with E-state index in [0.717, 1.165) is 5.56 Å². The van der Waals surface area contributed by atoms with E-state index < -0.39 is 23.0 Å². The molecule has 1 aromatic heterocycles. The first-order valence-corrected chi connectivity index (χ1v) is 11.4. The van der Waals surface area contributed by atoms with Crippen LogP contribution in [0.4, 0.5) is 5.69 Å². The SMILES string of the molecule is CN1C(=O)[C@](O)([C@@H]2OC(=NCc3ccccc3)c3oc4ccc(Cl)cc4c(=O)c32)c2ccccc21. The largest absolute Gasteiger partial charge is 0.463 e. The van der Waals surface area contributed by atoms with Gasteiger partial charge in [0.05, 0.1) is 23.2 Å². The van der Waals surface area contributed by atoms with Crippen LogP contribution < -0.4 is 10.3 Å². The van der Waals surface area contributed by atoms with Crippen molar-refractivity contribution >= 4 is 40.1 Å². The van der Waals surface area contributed by atoms with Crippen molar-refractivity contribution in [3.63, 3.8) is 0 Å². The molecule has 2 aliphatic heterocycles. The van der Waals surface area contributed by atoms with Crippen molar-refractivity contribution in [3.8, 4) is 0 Å². The Morgan fingerprint density at radius 1 is 1.06 bits per heavy atom. The van der Waals surface area contributed by atoms with Gasteiger partial charge in [0.25, 0.3) is 11.8 Å². The summed E-state index contributed by atoms with van der Waals surface area (Å²) in [6.07, 6.45) is -1.36. The average Bonchev–Trinajstić information content (AvgIpc) is 3.34. The molecular formula is C27H19ClN2O5. The van der Waals surface area contributed by atoms with Crippen LogP contribution in [0, 0.1) is 0 Å². The van der Waals surface area contributed by atoms with Gasteiger partial charge in [-0.15, -0.1) is 0 Å². The standard InChI is InChI=1S/C27H19ClN2O5/c1-30-19-10-6-5-9-18(19)27(33,26(30)32)24-21-22(31)17-13-16(28)11-12-20(17)34-23(21)25(35-24)29-14-15-7-3-2-4-8-15/h2-13,24,33H,14H2,1H3/t24-,27-/m1/s1. The van der Waals surface area contributed by atoms with Crippen molar-refractivity contribution in [1.29, 1.82) is 0 Å². The lowest BCUT2D eigenvalue weighted by Crippen LogP contribution is -2.44. The number of carbonyl (C=O) groups excluding carboxylic acids is 1. The monoisotopic (exact) mass is 486 g/mol. The Hall–Kier alpha value is -3.94. The van der Waals surface area contributed by atoms with Crippen molar-refractivity contribution in [2.45, 2.75) is 18.2 Å². The van der Waals surface area contributed by atoms with Gasteiger partial charge in [0, 0.05) is 17.6 Å². The maximum absolute atomic E-state index is 13.7. The molecule has 0 bridgehead atoms. The Bertz CT molecular complexity index is 1600. The summed E-state index contributed by atoms with van der Waals surface area (Å²) in [7, 11) is 1.57. The average molecular weight is 487 g/mol. The molecule has 1 amide bonds.